The minimum absolute atomic E-state index is 0.0834. The average molecular weight is 342 g/mol. The van der Waals surface area contributed by atoms with Gasteiger partial charge in [-0.3, -0.25) is 9.78 Å². The lowest BCUT2D eigenvalue weighted by molar-refractivity contribution is -0.145. The molecule has 0 radical (unpaired) electrons. The molecular weight excluding hydrogens is 320 g/mol. The Labute approximate surface area is 147 Å². The van der Waals surface area contributed by atoms with E-state index in [4.69, 9.17) is 9.47 Å². The summed E-state index contributed by atoms with van der Waals surface area (Å²) in [6.07, 6.45) is 3.07. The topological polar surface area (TPSA) is 77.5 Å². The molecule has 0 atom stereocenters. The first-order valence-electron chi connectivity index (χ1n) is 8.02. The van der Waals surface area contributed by atoms with Gasteiger partial charge < -0.3 is 14.8 Å². The molecule has 0 unspecified atom stereocenters. The zero-order valence-corrected chi connectivity index (χ0v) is 14.7. The Kier molecular flexibility index (Phi) is 6.51. The number of hydrogen-bond donors (Lipinski definition) is 1. The molecule has 132 valence electrons. The smallest absolute Gasteiger partial charge is 0.344 e. The lowest BCUT2D eigenvalue weighted by atomic mass is 10.1. The van der Waals surface area contributed by atoms with E-state index in [1.165, 1.54) is 6.20 Å². The van der Waals surface area contributed by atoms with E-state index >= 15 is 0 Å². The summed E-state index contributed by atoms with van der Waals surface area (Å²) in [6.45, 7) is 6.03. The zero-order valence-electron chi connectivity index (χ0n) is 14.7. The maximum absolute atomic E-state index is 11.8. The molecule has 1 aromatic carbocycles. The summed E-state index contributed by atoms with van der Waals surface area (Å²) in [7, 11) is 0. The van der Waals surface area contributed by atoms with E-state index in [9.17, 15) is 9.59 Å². The van der Waals surface area contributed by atoms with Crippen LogP contribution in [0.2, 0.25) is 0 Å². The first kappa shape index (κ1) is 18.4. The Bertz CT molecular complexity index is 721. The standard InChI is InChI=1S/C19H22N2O4/c1-13-9-14(2)18(15(3)10-13)25-12-17(22)24-8-7-21-19(23)16-5-4-6-20-11-16/h4-6,9-11H,7-8,12H2,1-3H3,(H,21,23). The van der Waals surface area contributed by atoms with Crippen molar-refractivity contribution in [2.75, 3.05) is 19.8 Å². The van der Waals surface area contributed by atoms with Crippen LogP contribution in [0, 0.1) is 20.8 Å². The minimum Gasteiger partial charge on any atom is -0.481 e. The zero-order chi connectivity index (χ0) is 18.2. The van der Waals surface area contributed by atoms with Gasteiger partial charge in [0.15, 0.2) is 6.61 Å². The first-order valence-corrected chi connectivity index (χ1v) is 8.02. The number of hydrogen-bond acceptors (Lipinski definition) is 5. The quantitative estimate of drug-likeness (QED) is 0.617. The maximum atomic E-state index is 11.8. The van der Waals surface area contributed by atoms with Gasteiger partial charge in [0.25, 0.3) is 5.91 Å². The van der Waals surface area contributed by atoms with Crippen molar-refractivity contribution in [3.8, 4) is 5.75 Å². The van der Waals surface area contributed by atoms with Gasteiger partial charge in [0, 0.05) is 12.4 Å². The molecule has 2 aromatic rings. The molecule has 6 nitrogen and oxygen atoms in total. The summed E-state index contributed by atoms with van der Waals surface area (Å²) in [6, 6.07) is 7.35. The lowest BCUT2D eigenvalue weighted by Gasteiger charge is -2.13. The fourth-order valence-corrected chi connectivity index (χ4v) is 2.50. The summed E-state index contributed by atoms with van der Waals surface area (Å²) < 4.78 is 10.6. The monoisotopic (exact) mass is 342 g/mol. The Morgan fingerprint density at radius 3 is 2.52 bits per heavy atom. The third-order valence-corrected chi connectivity index (χ3v) is 3.51. The number of benzene rings is 1. The summed E-state index contributed by atoms with van der Waals surface area (Å²) in [5.74, 6) is -0.0336. The average Bonchev–Trinajstić information content (AvgIpc) is 2.58. The molecule has 0 spiro atoms. The van der Waals surface area contributed by atoms with Gasteiger partial charge in [-0.05, 0) is 44.0 Å². The summed E-state index contributed by atoms with van der Waals surface area (Å²) in [5, 5.41) is 2.66. The Hall–Kier alpha value is -2.89. The van der Waals surface area contributed by atoms with Gasteiger partial charge in [0.2, 0.25) is 0 Å². The van der Waals surface area contributed by atoms with Crippen LogP contribution in [0.15, 0.2) is 36.7 Å². The highest BCUT2D eigenvalue weighted by atomic mass is 16.6. The molecule has 2 rings (SSSR count). The SMILES string of the molecule is Cc1cc(C)c(OCC(=O)OCCNC(=O)c2cccnc2)c(C)c1. The van der Waals surface area contributed by atoms with Crippen LogP contribution in [-0.2, 0) is 9.53 Å². The highest BCUT2D eigenvalue weighted by molar-refractivity contribution is 5.93. The second kappa shape index (κ2) is 8.82. The predicted molar refractivity (Wildman–Crippen MR) is 93.7 cm³/mol. The van der Waals surface area contributed by atoms with E-state index in [-0.39, 0.29) is 25.7 Å². The normalized spacial score (nSPS) is 10.2. The van der Waals surface area contributed by atoms with Crippen LogP contribution in [0.4, 0.5) is 0 Å². The molecule has 0 fully saturated rings. The number of aromatic nitrogens is 1. The predicted octanol–water partition coefficient (Wildman–Crippen LogP) is 2.36. The van der Waals surface area contributed by atoms with Crippen LogP contribution >= 0.6 is 0 Å². The van der Waals surface area contributed by atoms with Crippen molar-refractivity contribution in [2.45, 2.75) is 20.8 Å². The van der Waals surface area contributed by atoms with Crippen molar-refractivity contribution in [1.29, 1.82) is 0 Å². The third kappa shape index (κ3) is 5.60. The fourth-order valence-electron chi connectivity index (χ4n) is 2.50. The minimum atomic E-state index is -0.477. The molecule has 0 aliphatic carbocycles. The molecule has 0 aliphatic rings. The molecule has 1 aromatic heterocycles. The highest BCUT2D eigenvalue weighted by Crippen LogP contribution is 2.24. The van der Waals surface area contributed by atoms with E-state index in [1.807, 2.05) is 32.9 Å². The van der Waals surface area contributed by atoms with E-state index < -0.39 is 5.97 Å². The third-order valence-electron chi connectivity index (χ3n) is 3.51. The lowest BCUT2D eigenvalue weighted by Crippen LogP contribution is -2.29. The molecular formula is C19H22N2O4. The van der Waals surface area contributed by atoms with Crippen LogP contribution < -0.4 is 10.1 Å². The van der Waals surface area contributed by atoms with Crippen LogP contribution in [0.1, 0.15) is 27.0 Å². The van der Waals surface area contributed by atoms with Gasteiger partial charge in [-0.1, -0.05) is 17.7 Å². The van der Waals surface area contributed by atoms with Crippen molar-refractivity contribution in [3.63, 3.8) is 0 Å². The number of amides is 1. The number of aryl methyl sites for hydroxylation is 3. The largest absolute Gasteiger partial charge is 0.481 e. The molecule has 1 amide bonds. The number of ether oxygens (including phenoxy) is 2. The molecule has 0 saturated carbocycles. The summed E-state index contributed by atoms with van der Waals surface area (Å²) in [5.41, 5.74) is 3.57. The molecule has 0 aliphatic heterocycles. The summed E-state index contributed by atoms with van der Waals surface area (Å²) in [4.78, 5) is 27.4. The molecule has 1 heterocycles. The number of nitrogens with one attached hydrogen (secondary N) is 1. The van der Waals surface area contributed by atoms with Gasteiger partial charge in [-0.2, -0.15) is 0 Å². The Morgan fingerprint density at radius 2 is 1.88 bits per heavy atom. The van der Waals surface area contributed by atoms with Crippen LogP contribution in [0.3, 0.4) is 0 Å². The second-order valence-electron chi connectivity index (χ2n) is 5.73. The van der Waals surface area contributed by atoms with Crippen molar-refractivity contribution in [2.24, 2.45) is 0 Å². The van der Waals surface area contributed by atoms with Crippen LogP contribution in [0.25, 0.3) is 0 Å². The van der Waals surface area contributed by atoms with E-state index in [1.54, 1.807) is 18.3 Å². The number of pyridine rings is 1. The number of rotatable bonds is 7. The maximum Gasteiger partial charge on any atom is 0.344 e. The van der Waals surface area contributed by atoms with E-state index in [0.29, 0.717) is 11.3 Å². The highest BCUT2D eigenvalue weighted by Gasteiger charge is 2.10. The number of nitrogens with zero attached hydrogens (tertiary/aromatic N) is 1. The Morgan fingerprint density at radius 1 is 1.16 bits per heavy atom. The van der Waals surface area contributed by atoms with E-state index in [2.05, 4.69) is 10.3 Å². The van der Waals surface area contributed by atoms with Gasteiger partial charge in [-0.15, -0.1) is 0 Å². The van der Waals surface area contributed by atoms with Crippen molar-refractivity contribution >= 4 is 11.9 Å². The number of carbonyl (C=O) groups is 2. The number of carbonyl (C=O) groups excluding carboxylic acids is 2. The van der Waals surface area contributed by atoms with Crippen molar-refractivity contribution in [1.82, 2.24) is 10.3 Å². The molecule has 0 bridgehead atoms. The van der Waals surface area contributed by atoms with Crippen molar-refractivity contribution in [3.05, 3.63) is 58.9 Å². The summed E-state index contributed by atoms with van der Waals surface area (Å²) >= 11 is 0. The van der Waals surface area contributed by atoms with E-state index in [0.717, 1.165) is 16.7 Å². The number of esters is 1. The van der Waals surface area contributed by atoms with Crippen LogP contribution in [-0.4, -0.2) is 36.6 Å². The molecule has 0 saturated heterocycles. The van der Waals surface area contributed by atoms with Gasteiger partial charge >= 0.3 is 5.97 Å². The van der Waals surface area contributed by atoms with Crippen molar-refractivity contribution < 1.29 is 19.1 Å². The molecule has 1 N–H and O–H groups in total. The fraction of sp³-hybridized carbons (Fsp3) is 0.316. The Balaban J connectivity index is 1.70. The second-order valence-corrected chi connectivity index (χ2v) is 5.73. The van der Waals surface area contributed by atoms with Gasteiger partial charge in [0.1, 0.15) is 12.4 Å². The first-order chi connectivity index (χ1) is 12.0. The molecule has 25 heavy (non-hydrogen) atoms. The van der Waals surface area contributed by atoms with Crippen LogP contribution in [0.5, 0.6) is 5.75 Å². The van der Waals surface area contributed by atoms with Gasteiger partial charge in [-0.25, -0.2) is 4.79 Å². The molecule has 6 heteroatoms. The van der Waals surface area contributed by atoms with Gasteiger partial charge in [0.05, 0.1) is 12.1 Å².